The zero-order valence-electron chi connectivity index (χ0n) is 17.6. The van der Waals surface area contributed by atoms with E-state index in [1.807, 2.05) is 12.1 Å². The Kier molecular flexibility index (Phi) is 6.56. The van der Waals surface area contributed by atoms with E-state index in [9.17, 15) is 9.59 Å². The molecule has 0 fully saturated rings. The van der Waals surface area contributed by atoms with Crippen molar-refractivity contribution >= 4 is 28.4 Å². The van der Waals surface area contributed by atoms with Crippen LogP contribution >= 0.6 is 11.6 Å². The number of amides is 1. The minimum absolute atomic E-state index is 0.0216. The summed E-state index contributed by atoms with van der Waals surface area (Å²) >= 11 is 5.43. The summed E-state index contributed by atoms with van der Waals surface area (Å²) in [5.41, 5.74) is 5.78. The highest BCUT2D eigenvalue weighted by atomic mass is 35.5. The molecule has 150 valence electrons. The van der Waals surface area contributed by atoms with Gasteiger partial charge in [0.25, 0.3) is 0 Å². The molecule has 2 rings (SSSR count). The number of anilines is 1. The summed E-state index contributed by atoms with van der Waals surface area (Å²) < 4.78 is 6.16. The minimum Gasteiger partial charge on any atom is -0.457 e. The Bertz CT molecular complexity index is 885. The van der Waals surface area contributed by atoms with Crippen LogP contribution in [0.4, 0.5) is 5.69 Å². The van der Waals surface area contributed by atoms with Crippen molar-refractivity contribution < 1.29 is 14.3 Å². The summed E-state index contributed by atoms with van der Waals surface area (Å²) in [5.74, 6) is 1.31. The molecule has 1 amide bonds. The fraction of sp³-hybridized carbons (Fsp3) is 0.391. The fourth-order valence-corrected chi connectivity index (χ4v) is 3.40. The molecule has 0 aromatic heterocycles. The van der Waals surface area contributed by atoms with Crippen molar-refractivity contribution in [2.75, 3.05) is 5.32 Å². The number of rotatable bonds is 6. The van der Waals surface area contributed by atoms with Gasteiger partial charge in [-0.2, -0.15) is 0 Å². The quantitative estimate of drug-likeness (QED) is 0.591. The number of hydrogen-bond donors (Lipinski definition) is 1. The molecule has 5 heteroatoms. The first-order valence-corrected chi connectivity index (χ1v) is 9.66. The summed E-state index contributed by atoms with van der Waals surface area (Å²) in [7, 11) is 0. The van der Waals surface area contributed by atoms with Gasteiger partial charge in [0.15, 0.2) is 0 Å². The first kappa shape index (κ1) is 22.0. The molecule has 0 unspecified atom stereocenters. The van der Waals surface area contributed by atoms with Gasteiger partial charge < -0.3 is 10.1 Å². The van der Waals surface area contributed by atoms with Crippen molar-refractivity contribution in [1.29, 1.82) is 0 Å². The number of halogens is 1. The van der Waals surface area contributed by atoms with Gasteiger partial charge in [-0.15, -0.1) is 0 Å². The molecule has 0 bridgehead atoms. The van der Waals surface area contributed by atoms with Gasteiger partial charge in [0.2, 0.25) is 11.1 Å². The fourth-order valence-electron chi connectivity index (χ4n) is 3.07. The molecule has 0 aliphatic rings. The van der Waals surface area contributed by atoms with Gasteiger partial charge in [0, 0.05) is 12.1 Å². The number of carbonyl (C=O) groups excluding carboxylic acids is 2. The molecule has 2 aromatic carbocycles. The largest absolute Gasteiger partial charge is 0.457 e. The Morgan fingerprint density at radius 2 is 1.36 bits per heavy atom. The van der Waals surface area contributed by atoms with E-state index in [0.29, 0.717) is 11.4 Å². The summed E-state index contributed by atoms with van der Waals surface area (Å²) in [6, 6.07) is 7.20. The number of nitrogens with one attached hydrogen (secondary N) is 1. The van der Waals surface area contributed by atoms with Crippen LogP contribution in [0.5, 0.6) is 11.5 Å². The standard InChI is InChI=1S/C23H28ClNO3/c1-13-14(2)16(4)21(17(5)15(13)3)28-19-10-8-18(9-11-19)25-22(27)23(6,7)12-20(24)26/h8-11H,12H2,1-7H3,(H,25,27). The molecule has 0 aliphatic heterocycles. The summed E-state index contributed by atoms with van der Waals surface area (Å²) in [4.78, 5) is 23.5. The Morgan fingerprint density at radius 3 is 1.82 bits per heavy atom. The Labute approximate surface area is 172 Å². The zero-order chi connectivity index (χ0) is 21.2. The molecule has 0 saturated heterocycles. The monoisotopic (exact) mass is 401 g/mol. The summed E-state index contributed by atoms with van der Waals surface area (Å²) in [5, 5.41) is 2.29. The van der Waals surface area contributed by atoms with E-state index in [2.05, 4.69) is 39.9 Å². The molecule has 0 aliphatic carbocycles. The van der Waals surface area contributed by atoms with E-state index in [1.165, 1.54) is 16.7 Å². The van der Waals surface area contributed by atoms with Crippen molar-refractivity contribution in [1.82, 2.24) is 0 Å². The topological polar surface area (TPSA) is 55.4 Å². The van der Waals surface area contributed by atoms with Crippen LogP contribution in [0, 0.1) is 40.0 Å². The van der Waals surface area contributed by atoms with Crippen LogP contribution in [0.15, 0.2) is 24.3 Å². The van der Waals surface area contributed by atoms with Gasteiger partial charge in [-0.05, 0) is 98.3 Å². The van der Waals surface area contributed by atoms with Gasteiger partial charge in [-0.3, -0.25) is 9.59 Å². The lowest BCUT2D eigenvalue weighted by molar-refractivity contribution is -0.127. The second kappa shape index (κ2) is 8.36. The third-order valence-corrected chi connectivity index (χ3v) is 5.59. The van der Waals surface area contributed by atoms with Gasteiger partial charge >= 0.3 is 0 Å². The second-order valence-electron chi connectivity index (χ2n) is 7.95. The van der Waals surface area contributed by atoms with Crippen LogP contribution in [0.2, 0.25) is 0 Å². The van der Waals surface area contributed by atoms with Crippen LogP contribution in [-0.2, 0) is 9.59 Å². The van der Waals surface area contributed by atoms with Crippen LogP contribution < -0.4 is 10.1 Å². The minimum atomic E-state index is -0.876. The highest BCUT2D eigenvalue weighted by Gasteiger charge is 2.30. The Balaban J connectivity index is 2.19. The predicted molar refractivity (Wildman–Crippen MR) is 115 cm³/mol. The number of carbonyl (C=O) groups is 2. The molecule has 28 heavy (non-hydrogen) atoms. The number of benzene rings is 2. The average molecular weight is 402 g/mol. The van der Waals surface area contributed by atoms with E-state index in [1.54, 1.807) is 26.0 Å². The number of hydrogen-bond acceptors (Lipinski definition) is 3. The SMILES string of the molecule is Cc1c(C)c(C)c(Oc2ccc(NC(=O)C(C)(C)CC(=O)Cl)cc2)c(C)c1C. The van der Waals surface area contributed by atoms with E-state index in [0.717, 1.165) is 16.9 Å². The normalized spacial score (nSPS) is 11.3. The maximum absolute atomic E-state index is 12.4. The van der Waals surface area contributed by atoms with E-state index in [4.69, 9.17) is 16.3 Å². The second-order valence-corrected chi connectivity index (χ2v) is 8.37. The molecule has 0 spiro atoms. The molecule has 1 N–H and O–H groups in total. The van der Waals surface area contributed by atoms with E-state index in [-0.39, 0.29) is 12.3 Å². The molecular formula is C23H28ClNO3. The summed E-state index contributed by atoms with van der Waals surface area (Å²) in [6.07, 6.45) is -0.0216. The lowest BCUT2D eigenvalue weighted by Gasteiger charge is -2.22. The smallest absolute Gasteiger partial charge is 0.230 e. The first-order valence-electron chi connectivity index (χ1n) is 9.28. The highest BCUT2D eigenvalue weighted by Crippen LogP contribution is 2.35. The van der Waals surface area contributed by atoms with Crippen molar-refractivity contribution in [3.05, 3.63) is 52.1 Å². The predicted octanol–water partition coefficient (Wildman–Crippen LogP) is 6.14. The van der Waals surface area contributed by atoms with Crippen LogP contribution in [0.3, 0.4) is 0 Å². The summed E-state index contributed by atoms with van der Waals surface area (Å²) in [6.45, 7) is 13.9. The molecular weight excluding hydrogens is 374 g/mol. The molecule has 0 saturated carbocycles. The third-order valence-electron chi connectivity index (χ3n) is 5.46. The Morgan fingerprint density at radius 1 is 0.893 bits per heavy atom. The van der Waals surface area contributed by atoms with Gasteiger partial charge in [-0.25, -0.2) is 0 Å². The molecule has 2 aromatic rings. The lowest BCUT2D eigenvalue weighted by Crippen LogP contribution is -2.32. The van der Waals surface area contributed by atoms with Gasteiger partial charge in [-0.1, -0.05) is 13.8 Å². The molecule has 0 atom stereocenters. The maximum atomic E-state index is 12.4. The maximum Gasteiger partial charge on any atom is 0.230 e. The van der Waals surface area contributed by atoms with Crippen molar-refractivity contribution in [2.45, 2.75) is 54.9 Å². The molecule has 0 heterocycles. The average Bonchev–Trinajstić information content (AvgIpc) is 2.62. The first-order chi connectivity index (χ1) is 12.9. The van der Waals surface area contributed by atoms with Crippen molar-refractivity contribution in [3.63, 3.8) is 0 Å². The van der Waals surface area contributed by atoms with Crippen LogP contribution in [-0.4, -0.2) is 11.1 Å². The van der Waals surface area contributed by atoms with Crippen molar-refractivity contribution in [2.24, 2.45) is 5.41 Å². The van der Waals surface area contributed by atoms with Gasteiger partial charge in [0.05, 0.1) is 5.41 Å². The van der Waals surface area contributed by atoms with Crippen LogP contribution in [0.1, 0.15) is 48.1 Å². The lowest BCUT2D eigenvalue weighted by atomic mass is 9.89. The Hall–Kier alpha value is -2.33. The van der Waals surface area contributed by atoms with Crippen molar-refractivity contribution in [3.8, 4) is 11.5 Å². The van der Waals surface area contributed by atoms with Gasteiger partial charge in [0.1, 0.15) is 11.5 Å². The van der Waals surface area contributed by atoms with Crippen LogP contribution in [0.25, 0.3) is 0 Å². The highest BCUT2D eigenvalue weighted by molar-refractivity contribution is 6.63. The molecule has 4 nitrogen and oxygen atoms in total. The molecule has 0 radical (unpaired) electrons. The van der Waals surface area contributed by atoms with E-state index >= 15 is 0 Å². The third kappa shape index (κ3) is 4.74. The van der Waals surface area contributed by atoms with E-state index < -0.39 is 10.7 Å². The number of ether oxygens (including phenoxy) is 1. The zero-order valence-corrected chi connectivity index (χ0v) is 18.4.